The van der Waals surface area contributed by atoms with Crippen molar-refractivity contribution in [2.24, 2.45) is 0 Å². The second-order valence-electron chi connectivity index (χ2n) is 4.01. The topological polar surface area (TPSA) is 29.5 Å². The van der Waals surface area contributed by atoms with Gasteiger partial charge in [0.2, 0.25) is 0 Å². The van der Waals surface area contributed by atoms with Crippen LogP contribution in [0.15, 0.2) is 42.5 Å². The highest BCUT2D eigenvalue weighted by molar-refractivity contribution is 6.32. The van der Waals surface area contributed by atoms with Crippen molar-refractivity contribution in [1.29, 1.82) is 0 Å². The minimum atomic E-state index is 0.0828. The minimum absolute atomic E-state index is 0.0828. The average molecular weight is 263 g/mol. The van der Waals surface area contributed by atoms with E-state index in [1.807, 2.05) is 30.3 Å². The molecule has 18 heavy (non-hydrogen) atoms. The van der Waals surface area contributed by atoms with Gasteiger partial charge < -0.3 is 9.84 Å². The van der Waals surface area contributed by atoms with Gasteiger partial charge in [-0.05, 0) is 30.2 Å². The van der Waals surface area contributed by atoms with Gasteiger partial charge in [0.25, 0.3) is 0 Å². The molecule has 0 aliphatic carbocycles. The van der Waals surface area contributed by atoms with Crippen molar-refractivity contribution in [2.45, 2.75) is 13.3 Å². The van der Waals surface area contributed by atoms with Crippen LogP contribution in [0.5, 0.6) is 11.5 Å². The van der Waals surface area contributed by atoms with Gasteiger partial charge in [-0.1, -0.05) is 42.8 Å². The fourth-order valence-electron chi connectivity index (χ4n) is 1.72. The van der Waals surface area contributed by atoms with E-state index < -0.39 is 0 Å². The number of aromatic hydroxyl groups is 1. The lowest BCUT2D eigenvalue weighted by Gasteiger charge is -2.11. The predicted molar refractivity (Wildman–Crippen MR) is 74.3 cm³/mol. The fourth-order valence-corrected chi connectivity index (χ4v) is 1.84. The Kier molecular flexibility index (Phi) is 4.11. The lowest BCUT2D eigenvalue weighted by Crippen LogP contribution is -1.96. The largest absolute Gasteiger partial charge is 0.506 e. The van der Waals surface area contributed by atoms with Gasteiger partial charge >= 0.3 is 0 Å². The molecule has 0 spiro atoms. The summed E-state index contributed by atoms with van der Waals surface area (Å²) in [6.07, 6.45) is 0.959. The first-order valence-corrected chi connectivity index (χ1v) is 6.31. The monoisotopic (exact) mass is 262 g/mol. The zero-order chi connectivity index (χ0) is 13.0. The van der Waals surface area contributed by atoms with Gasteiger partial charge in [-0.15, -0.1) is 0 Å². The molecule has 0 aromatic heterocycles. The zero-order valence-corrected chi connectivity index (χ0v) is 10.9. The highest BCUT2D eigenvalue weighted by Crippen LogP contribution is 2.34. The van der Waals surface area contributed by atoms with Gasteiger partial charge in [-0.3, -0.25) is 0 Å². The van der Waals surface area contributed by atoms with Gasteiger partial charge in [-0.25, -0.2) is 0 Å². The molecule has 2 aromatic carbocycles. The van der Waals surface area contributed by atoms with Crippen LogP contribution >= 0.6 is 11.6 Å². The van der Waals surface area contributed by atoms with E-state index in [1.54, 1.807) is 12.1 Å². The van der Waals surface area contributed by atoms with Crippen molar-refractivity contribution in [3.8, 4) is 22.6 Å². The van der Waals surface area contributed by atoms with E-state index in [9.17, 15) is 5.11 Å². The molecule has 94 valence electrons. The summed E-state index contributed by atoms with van der Waals surface area (Å²) >= 11 is 5.81. The average Bonchev–Trinajstić information content (AvgIpc) is 2.40. The number of halogens is 1. The fraction of sp³-hybridized carbons (Fsp3) is 0.200. The molecule has 0 aliphatic rings. The van der Waals surface area contributed by atoms with Crippen molar-refractivity contribution in [2.75, 3.05) is 6.61 Å². The van der Waals surface area contributed by atoms with Crippen molar-refractivity contribution in [3.05, 3.63) is 47.5 Å². The molecule has 0 bridgehead atoms. The van der Waals surface area contributed by atoms with Crippen LogP contribution in [0.25, 0.3) is 11.1 Å². The molecule has 3 heteroatoms. The summed E-state index contributed by atoms with van der Waals surface area (Å²) in [7, 11) is 0. The molecular weight excluding hydrogens is 248 g/mol. The number of hydrogen-bond donors (Lipinski definition) is 1. The maximum atomic E-state index is 9.66. The Morgan fingerprint density at radius 3 is 2.67 bits per heavy atom. The van der Waals surface area contributed by atoms with E-state index in [1.165, 1.54) is 0 Å². The van der Waals surface area contributed by atoms with Crippen LogP contribution in [0.3, 0.4) is 0 Å². The number of para-hydroxylation sites is 1. The molecule has 2 rings (SSSR count). The normalized spacial score (nSPS) is 10.3. The van der Waals surface area contributed by atoms with Gasteiger partial charge in [0.15, 0.2) is 0 Å². The SMILES string of the molecule is CCCOc1ccccc1-c1ccc(Cl)c(O)c1. The first-order chi connectivity index (χ1) is 8.72. The second kappa shape index (κ2) is 5.78. The summed E-state index contributed by atoms with van der Waals surface area (Å²) < 4.78 is 5.70. The summed E-state index contributed by atoms with van der Waals surface area (Å²) in [5, 5.41) is 10.0. The summed E-state index contributed by atoms with van der Waals surface area (Å²) in [5.74, 6) is 0.903. The summed E-state index contributed by atoms with van der Waals surface area (Å²) in [5.41, 5.74) is 1.85. The lowest BCUT2D eigenvalue weighted by molar-refractivity contribution is 0.318. The van der Waals surface area contributed by atoms with Crippen LogP contribution in [0.4, 0.5) is 0 Å². The Bertz CT molecular complexity index is 538. The summed E-state index contributed by atoms with van der Waals surface area (Å²) in [6.45, 7) is 2.74. The highest BCUT2D eigenvalue weighted by Gasteiger charge is 2.07. The third kappa shape index (κ3) is 2.77. The number of rotatable bonds is 4. The van der Waals surface area contributed by atoms with Gasteiger partial charge in [0.05, 0.1) is 11.6 Å². The van der Waals surface area contributed by atoms with Crippen molar-refractivity contribution in [3.63, 3.8) is 0 Å². The van der Waals surface area contributed by atoms with E-state index in [4.69, 9.17) is 16.3 Å². The minimum Gasteiger partial charge on any atom is -0.506 e. The molecule has 0 fully saturated rings. The quantitative estimate of drug-likeness (QED) is 0.879. The van der Waals surface area contributed by atoms with Crippen molar-refractivity contribution >= 4 is 11.6 Å². The molecule has 0 radical (unpaired) electrons. The van der Waals surface area contributed by atoms with Crippen molar-refractivity contribution in [1.82, 2.24) is 0 Å². The molecule has 2 nitrogen and oxygen atoms in total. The van der Waals surface area contributed by atoms with Gasteiger partial charge in [-0.2, -0.15) is 0 Å². The maximum absolute atomic E-state index is 9.66. The molecule has 2 aromatic rings. The number of benzene rings is 2. The molecule has 0 saturated carbocycles. The molecule has 1 N–H and O–H groups in total. The van der Waals surface area contributed by atoms with Crippen LogP contribution in [0.2, 0.25) is 5.02 Å². The number of phenols is 1. The predicted octanol–water partition coefficient (Wildman–Crippen LogP) is 4.50. The van der Waals surface area contributed by atoms with E-state index >= 15 is 0 Å². The Morgan fingerprint density at radius 1 is 1.17 bits per heavy atom. The van der Waals surface area contributed by atoms with Crippen LogP contribution in [0.1, 0.15) is 13.3 Å². The van der Waals surface area contributed by atoms with Crippen LogP contribution in [-0.4, -0.2) is 11.7 Å². The molecular formula is C15H15ClO2. The number of hydrogen-bond acceptors (Lipinski definition) is 2. The first-order valence-electron chi connectivity index (χ1n) is 5.93. The molecule has 0 atom stereocenters. The number of phenolic OH excluding ortho intramolecular Hbond substituents is 1. The highest BCUT2D eigenvalue weighted by atomic mass is 35.5. The number of ether oxygens (including phenoxy) is 1. The first kappa shape index (κ1) is 12.8. The Hall–Kier alpha value is -1.67. The Balaban J connectivity index is 2.39. The molecule has 0 saturated heterocycles. The van der Waals surface area contributed by atoms with Crippen LogP contribution in [0, 0.1) is 0 Å². The standard InChI is InChI=1S/C15H15ClO2/c1-2-9-18-15-6-4-3-5-12(15)11-7-8-13(16)14(17)10-11/h3-8,10,17H,2,9H2,1H3. The third-order valence-corrected chi connectivity index (χ3v) is 2.93. The molecule has 0 unspecified atom stereocenters. The summed E-state index contributed by atoms with van der Waals surface area (Å²) in [4.78, 5) is 0. The lowest BCUT2D eigenvalue weighted by atomic mass is 10.0. The second-order valence-corrected chi connectivity index (χ2v) is 4.42. The van der Waals surface area contributed by atoms with Crippen LogP contribution < -0.4 is 4.74 Å². The maximum Gasteiger partial charge on any atom is 0.134 e. The third-order valence-electron chi connectivity index (χ3n) is 2.61. The smallest absolute Gasteiger partial charge is 0.134 e. The summed E-state index contributed by atoms with van der Waals surface area (Å²) in [6, 6.07) is 13.0. The van der Waals surface area contributed by atoms with Gasteiger partial charge in [0.1, 0.15) is 11.5 Å². The van der Waals surface area contributed by atoms with E-state index in [-0.39, 0.29) is 5.75 Å². The molecule has 0 aliphatic heterocycles. The Morgan fingerprint density at radius 2 is 1.94 bits per heavy atom. The molecule has 0 amide bonds. The van der Waals surface area contributed by atoms with E-state index in [0.29, 0.717) is 11.6 Å². The Labute approximate surface area is 112 Å². The molecule has 0 heterocycles. The van der Waals surface area contributed by atoms with Crippen molar-refractivity contribution < 1.29 is 9.84 Å². The zero-order valence-electron chi connectivity index (χ0n) is 10.2. The van der Waals surface area contributed by atoms with Gasteiger partial charge in [0, 0.05) is 5.56 Å². The van der Waals surface area contributed by atoms with E-state index in [2.05, 4.69) is 6.92 Å². The van der Waals surface area contributed by atoms with E-state index in [0.717, 1.165) is 23.3 Å². The van der Waals surface area contributed by atoms with Crippen LogP contribution in [-0.2, 0) is 0 Å².